The fourth-order valence-corrected chi connectivity index (χ4v) is 6.76. The molecule has 0 aliphatic heterocycles. The maximum atomic E-state index is 11.8. The second kappa shape index (κ2) is 15.2. The van der Waals surface area contributed by atoms with Gasteiger partial charge >= 0.3 is 35.5 Å². The summed E-state index contributed by atoms with van der Waals surface area (Å²) in [4.78, 5) is 11.8. The molecule has 0 aromatic carbocycles. The minimum absolute atomic E-state index is 0. The molecule has 2 fully saturated rings. The topological polar surface area (TPSA) is 94.5 Å². The van der Waals surface area contributed by atoms with E-state index in [4.69, 9.17) is 0 Å². The van der Waals surface area contributed by atoms with Crippen LogP contribution in [0.2, 0.25) is 0 Å². The van der Waals surface area contributed by atoms with E-state index in [0.717, 1.165) is 24.7 Å². The van der Waals surface area contributed by atoms with Crippen molar-refractivity contribution in [1.29, 1.82) is 0 Å². The summed E-state index contributed by atoms with van der Waals surface area (Å²) in [5, 5.41) is 8.92. The summed E-state index contributed by atoms with van der Waals surface area (Å²) in [6.07, 6.45) is 18.0. The molecule has 7 heteroatoms. The smallest absolute Gasteiger partial charge is 0.748 e. The van der Waals surface area contributed by atoms with Gasteiger partial charge in [0, 0.05) is 5.25 Å². The van der Waals surface area contributed by atoms with Crippen molar-refractivity contribution in [2.75, 3.05) is 0 Å². The molecule has 0 aromatic rings. The van der Waals surface area contributed by atoms with Gasteiger partial charge < -0.3 is 9.66 Å². The van der Waals surface area contributed by atoms with E-state index >= 15 is 0 Å². The van der Waals surface area contributed by atoms with Gasteiger partial charge in [0.1, 0.15) is 0 Å². The average molecular weight is 479 g/mol. The number of carbonyl (C=O) groups is 1. The Labute approximate surface area is 218 Å². The average Bonchev–Trinajstić information content (AvgIpc) is 2.75. The molecule has 2 saturated carbocycles. The summed E-state index contributed by atoms with van der Waals surface area (Å²) in [5.41, 5.74) is 0. The van der Waals surface area contributed by atoms with Crippen LogP contribution in [-0.4, -0.2) is 29.3 Å². The summed E-state index contributed by atoms with van der Waals surface area (Å²) in [6.45, 7) is 4.37. The number of hydrogen-bond donors (Lipinski definition) is 1. The Morgan fingerprint density at radius 3 is 2.19 bits per heavy atom. The predicted molar refractivity (Wildman–Crippen MR) is 124 cm³/mol. The van der Waals surface area contributed by atoms with Crippen LogP contribution in [0.3, 0.4) is 0 Å². The molecule has 0 heterocycles. The zero-order chi connectivity index (χ0) is 22.9. The number of carboxylic acid groups (broad SMARTS) is 1. The molecule has 1 N–H and O–H groups in total. The van der Waals surface area contributed by atoms with Crippen molar-refractivity contribution in [3.63, 3.8) is 0 Å². The predicted octanol–water partition coefficient (Wildman–Crippen LogP) is 3.15. The van der Waals surface area contributed by atoms with E-state index < -0.39 is 21.3 Å². The zero-order valence-electron chi connectivity index (χ0n) is 20.5. The van der Waals surface area contributed by atoms with Crippen LogP contribution in [-0.2, 0) is 14.9 Å². The molecular weight excluding hydrogens is 435 g/mol. The van der Waals surface area contributed by atoms with Gasteiger partial charge in [0.05, 0.1) is 16.0 Å². The largest absolute Gasteiger partial charge is 1.00 e. The minimum Gasteiger partial charge on any atom is -0.748 e. The SMILES string of the molecule is CCC(CC=CCCC(CC(C)C1CCC(S(=O)(=O)[O-])CC1)C(=O)O)C1CCCCC1.[Na+]. The van der Waals surface area contributed by atoms with Crippen LogP contribution in [0.4, 0.5) is 0 Å². The standard InChI is InChI=1S/C25H44O5S.Na/c1-3-20(22-11-7-5-8-12-22)10-6-4-9-13-23(25(26)27)18-19(2)21-14-16-24(17-15-21)31(28,29)30;/h4,6,19-24H,3,5,7-18H2,1-2H3,(H,26,27)(H,28,29,30);/q;+1/p-1. The van der Waals surface area contributed by atoms with Crippen LogP contribution in [0.5, 0.6) is 0 Å². The molecule has 0 saturated heterocycles. The molecule has 180 valence electrons. The van der Waals surface area contributed by atoms with Crippen molar-refractivity contribution < 1.29 is 52.4 Å². The Hall–Kier alpha value is 0.120. The maximum Gasteiger partial charge on any atom is 1.00 e. The third kappa shape index (κ3) is 10.2. The van der Waals surface area contributed by atoms with E-state index in [0.29, 0.717) is 44.4 Å². The molecule has 3 unspecified atom stereocenters. The number of carboxylic acids is 1. The number of hydrogen-bond acceptors (Lipinski definition) is 4. The van der Waals surface area contributed by atoms with Crippen LogP contribution in [0.25, 0.3) is 0 Å². The fraction of sp³-hybridized carbons (Fsp3) is 0.880. The van der Waals surface area contributed by atoms with Crippen LogP contribution in [0, 0.1) is 29.6 Å². The first-order chi connectivity index (χ1) is 14.7. The van der Waals surface area contributed by atoms with E-state index in [9.17, 15) is 22.9 Å². The molecule has 0 spiro atoms. The second-order valence-electron chi connectivity index (χ2n) is 10.1. The molecule has 5 nitrogen and oxygen atoms in total. The van der Waals surface area contributed by atoms with Gasteiger partial charge in [-0.1, -0.05) is 64.5 Å². The van der Waals surface area contributed by atoms with Crippen molar-refractivity contribution in [2.45, 2.75) is 109 Å². The monoisotopic (exact) mass is 478 g/mol. The first kappa shape index (κ1) is 30.2. The molecule has 2 aliphatic rings. The van der Waals surface area contributed by atoms with Crippen LogP contribution < -0.4 is 29.6 Å². The quantitative estimate of drug-likeness (QED) is 0.264. The van der Waals surface area contributed by atoms with Gasteiger partial charge in [-0.2, -0.15) is 0 Å². The van der Waals surface area contributed by atoms with Crippen molar-refractivity contribution in [2.24, 2.45) is 29.6 Å². The molecule has 0 aromatic heterocycles. The Bertz CT molecular complexity index is 664. The Morgan fingerprint density at radius 2 is 1.66 bits per heavy atom. The molecule has 32 heavy (non-hydrogen) atoms. The van der Waals surface area contributed by atoms with E-state index in [1.165, 1.54) is 38.5 Å². The van der Waals surface area contributed by atoms with Crippen molar-refractivity contribution in [1.82, 2.24) is 0 Å². The molecule has 0 amide bonds. The molecule has 0 bridgehead atoms. The van der Waals surface area contributed by atoms with Crippen LogP contribution in [0.1, 0.15) is 104 Å². The normalized spacial score (nSPS) is 25.7. The second-order valence-corrected chi connectivity index (χ2v) is 11.8. The van der Waals surface area contributed by atoms with Gasteiger partial charge in [-0.15, -0.1) is 0 Å². The number of aliphatic carboxylic acids is 1. The Morgan fingerprint density at radius 1 is 1.03 bits per heavy atom. The zero-order valence-corrected chi connectivity index (χ0v) is 23.3. The summed E-state index contributed by atoms with van der Waals surface area (Å²) >= 11 is 0. The van der Waals surface area contributed by atoms with Gasteiger partial charge in [-0.05, 0) is 75.0 Å². The first-order valence-corrected chi connectivity index (χ1v) is 14.0. The third-order valence-electron chi connectivity index (χ3n) is 8.07. The van der Waals surface area contributed by atoms with Crippen molar-refractivity contribution >= 4 is 16.1 Å². The van der Waals surface area contributed by atoms with E-state index in [1.54, 1.807) is 0 Å². The maximum absolute atomic E-state index is 11.8. The first-order valence-electron chi connectivity index (χ1n) is 12.5. The van der Waals surface area contributed by atoms with Crippen molar-refractivity contribution in [3.8, 4) is 0 Å². The van der Waals surface area contributed by atoms with Crippen molar-refractivity contribution in [3.05, 3.63) is 12.2 Å². The van der Waals surface area contributed by atoms with E-state index in [2.05, 4.69) is 26.0 Å². The number of rotatable bonds is 12. The van der Waals surface area contributed by atoms with Crippen LogP contribution in [0.15, 0.2) is 12.2 Å². The molecule has 2 rings (SSSR count). The van der Waals surface area contributed by atoms with Crippen LogP contribution >= 0.6 is 0 Å². The molecule has 2 aliphatic carbocycles. The minimum atomic E-state index is -4.20. The molecule has 3 atom stereocenters. The third-order valence-corrected chi connectivity index (χ3v) is 9.35. The van der Waals surface area contributed by atoms with Gasteiger partial charge in [-0.25, -0.2) is 8.42 Å². The summed E-state index contributed by atoms with van der Waals surface area (Å²) in [5.74, 6) is 1.08. The fourth-order valence-electron chi connectivity index (χ4n) is 5.91. The molecular formula is C25H43NaO5S. The van der Waals surface area contributed by atoms with Gasteiger partial charge in [0.15, 0.2) is 0 Å². The van der Waals surface area contributed by atoms with Gasteiger partial charge in [0.25, 0.3) is 0 Å². The summed E-state index contributed by atoms with van der Waals surface area (Å²) < 4.78 is 33.6. The molecule has 0 radical (unpaired) electrons. The Kier molecular flexibility index (Phi) is 14.3. The van der Waals surface area contributed by atoms with E-state index in [-0.39, 0.29) is 41.4 Å². The van der Waals surface area contributed by atoms with E-state index in [1.807, 2.05) is 0 Å². The summed E-state index contributed by atoms with van der Waals surface area (Å²) in [6, 6.07) is 0. The van der Waals surface area contributed by atoms with Gasteiger partial charge in [0.2, 0.25) is 0 Å². The summed E-state index contributed by atoms with van der Waals surface area (Å²) in [7, 11) is -4.20. The Balaban J connectivity index is 0.00000512. The number of allylic oxidation sites excluding steroid dienone is 2. The van der Waals surface area contributed by atoms with Gasteiger partial charge in [-0.3, -0.25) is 4.79 Å².